The van der Waals surface area contributed by atoms with Gasteiger partial charge in [-0.1, -0.05) is 64.0 Å². The summed E-state index contributed by atoms with van der Waals surface area (Å²) in [4.78, 5) is 10.5. The largest absolute Gasteiger partial charge is 0.479 e. The molecule has 0 fully saturated rings. The molecule has 0 aromatic carbocycles. The number of unbranched alkanes of at least 4 members (excludes halogenated alkanes) is 10. The van der Waals surface area contributed by atoms with Gasteiger partial charge in [0.05, 0.1) is 0 Å². The van der Waals surface area contributed by atoms with Crippen LogP contribution < -0.4 is 0 Å². The van der Waals surface area contributed by atoms with Gasteiger partial charge < -0.3 is 9.84 Å². The molecule has 0 aromatic rings. The minimum absolute atomic E-state index is 0.564. The molecule has 0 bridgehead atoms. The number of hydrogen-bond donors (Lipinski definition) is 1. The lowest BCUT2D eigenvalue weighted by Crippen LogP contribution is -2.20. The standard InChI is InChI=1S/C19H36O3/c1-3-4-5-6-7-8-9-10-11-12-13-14-15-16-17-22-18(2)19(20)21/h8-9,18H,3-7,10-17H2,1-2H3,(H,20,21). The van der Waals surface area contributed by atoms with Gasteiger partial charge in [0.2, 0.25) is 0 Å². The topological polar surface area (TPSA) is 46.5 Å². The van der Waals surface area contributed by atoms with Crippen molar-refractivity contribution in [3.63, 3.8) is 0 Å². The van der Waals surface area contributed by atoms with Crippen molar-refractivity contribution in [1.29, 1.82) is 0 Å². The molecule has 1 unspecified atom stereocenters. The third-order valence-electron chi connectivity index (χ3n) is 3.87. The summed E-state index contributed by atoms with van der Waals surface area (Å²) in [6.45, 7) is 4.40. The van der Waals surface area contributed by atoms with E-state index in [2.05, 4.69) is 19.1 Å². The van der Waals surface area contributed by atoms with E-state index in [4.69, 9.17) is 9.84 Å². The van der Waals surface area contributed by atoms with Crippen LogP contribution in [0.1, 0.15) is 90.9 Å². The number of aliphatic carboxylic acids is 1. The number of allylic oxidation sites excluding steroid dienone is 2. The van der Waals surface area contributed by atoms with Crippen molar-refractivity contribution >= 4 is 5.97 Å². The second-order valence-corrected chi connectivity index (χ2v) is 6.08. The quantitative estimate of drug-likeness (QED) is 0.292. The molecule has 1 N–H and O–H groups in total. The summed E-state index contributed by atoms with van der Waals surface area (Å²) >= 11 is 0. The van der Waals surface area contributed by atoms with Gasteiger partial charge in [0.1, 0.15) is 0 Å². The van der Waals surface area contributed by atoms with E-state index in [0.717, 1.165) is 12.8 Å². The molecular weight excluding hydrogens is 276 g/mol. The zero-order valence-electron chi connectivity index (χ0n) is 14.7. The predicted octanol–water partition coefficient (Wildman–Crippen LogP) is 5.73. The third-order valence-corrected chi connectivity index (χ3v) is 3.87. The lowest BCUT2D eigenvalue weighted by molar-refractivity contribution is -0.149. The smallest absolute Gasteiger partial charge is 0.332 e. The van der Waals surface area contributed by atoms with E-state index in [9.17, 15) is 4.79 Å². The maximum Gasteiger partial charge on any atom is 0.332 e. The van der Waals surface area contributed by atoms with E-state index in [0.29, 0.717) is 6.61 Å². The number of carboxylic acids is 1. The molecule has 3 nitrogen and oxygen atoms in total. The number of carbonyl (C=O) groups is 1. The molecule has 0 amide bonds. The van der Waals surface area contributed by atoms with Gasteiger partial charge in [-0.05, 0) is 39.0 Å². The van der Waals surface area contributed by atoms with E-state index in [-0.39, 0.29) is 0 Å². The molecule has 0 aliphatic rings. The summed E-state index contributed by atoms with van der Waals surface area (Å²) in [5.74, 6) is -0.876. The van der Waals surface area contributed by atoms with Crippen LogP contribution in [0.5, 0.6) is 0 Å². The minimum atomic E-state index is -0.876. The molecule has 0 radical (unpaired) electrons. The Morgan fingerprint density at radius 1 is 0.909 bits per heavy atom. The number of ether oxygens (including phenoxy) is 1. The van der Waals surface area contributed by atoms with Crippen LogP contribution in [0.3, 0.4) is 0 Å². The molecule has 0 saturated carbocycles. The molecule has 0 saturated heterocycles. The van der Waals surface area contributed by atoms with Crippen LogP contribution in [0.2, 0.25) is 0 Å². The highest BCUT2D eigenvalue weighted by molar-refractivity contribution is 5.71. The van der Waals surface area contributed by atoms with Crippen LogP contribution in [0.15, 0.2) is 12.2 Å². The molecule has 0 rings (SSSR count). The van der Waals surface area contributed by atoms with Crippen molar-refractivity contribution in [3.05, 3.63) is 12.2 Å². The van der Waals surface area contributed by atoms with Gasteiger partial charge in [0.15, 0.2) is 6.10 Å². The summed E-state index contributed by atoms with van der Waals surface area (Å²) in [7, 11) is 0. The fourth-order valence-corrected chi connectivity index (χ4v) is 2.33. The normalized spacial score (nSPS) is 12.8. The van der Waals surface area contributed by atoms with Crippen LogP contribution >= 0.6 is 0 Å². The van der Waals surface area contributed by atoms with Crippen molar-refractivity contribution < 1.29 is 14.6 Å². The van der Waals surface area contributed by atoms with E-state index in [1.807, 2.05) is 0 Å². The molecular formula is C19H36O3. The Balaban J connectivity index is 3.14. The summed E-state index contributed by atoms with van der Waals surface area (Å²) in [6.07, 6.45) is 19.1. The van der Waals surface area contributed by atoms with E-state index in [1.54, 1.807) is 6.92 Å². The fraction of sp³-hybridized carbons (Fsp3) is 0.842. The van der Waals surface area contributed by atoms with Gasteiger partial charge in [-0.3, -0.25) is 0 Å². The number of carboxylic acid groups (broad SMARTS) is 1. The molecule has 22 heavy (non-hydrogen) atoms. The van der Waals surface area contributed by atoms with Gasteiger partial charge in [0, 0.05) is 6.61 Å². The Bertz CT molecular complexity index is 274. The van der Waals surface area contributed by atoms with E-state index in [1.165, 1.54) is 64.2 Å². The summed E-state index contributed by atoms with van der Waals surface area (Å²) < 4.78 is 5.20. The molecule has 0 aliphatic carbocycles. The molecule has 0 aliphatic heterocycles. The summed E-state index contributed by atoms with van der Waals surface area (Å²) in [6, 6.07) is 0. The maximum absolute atomic E-state index is 10.5. The first-order chi connectivity index (χ1) is 10.7. The molecule has 1 atom stereocenters. The Labute approximate surface area is 137 Å². The molecule has 130 valence electrons. The Morgan fingerprint density at radius 3 is 1.95 bits per heavy atom. The zero-order chi connectivity index (χ0) is 16.5. The first kappa shape index (κ1) is 21.2. The molecule has 0 heterocycles. The van der Waals surface area contributed by atoms with E-state index < -0.39 is 12.1 Å². The highest BCUT2D eigenvalue weighted by Gasteiger charge is 2.09. The summed E-state index contributed by atoms with van der Waals surface area (Å²) in [5, 5.41) is 8.67. The van der Waals surface area contributed by atoms with Crippen molar-refractivity contribution in [2.45, 2.75) is 97.0 Å². The Morgan fingerprint density at radius 2 is 1.41 bits per heavy atom. The van der Waals surface area contributed by atoms with Gasteiger partial charge in [-0.15, -0.1) is 0 Å². The maximum atomic E-state index is 10.5. The van der Waals surface area contributed by atoms with E-state index >= 15 is 0 Å². The highest BCUT2D eigenvalue weighted by atomic mass is 16.5. The summed E-state index contributed by atoms with van der Waals surface area (Å²) in [5.41, 5.74) is 0. The lowest BCUT2D eigenvalue weighted by Gasteiger charge is -2.07. The second-order valence-electron chi connectivity index (χ2n) is 6.08. The second kappa shape index (κ2) is 16.5. The zero-order valence-corrected chi connectivity index (χ0v) is 14.7. The molecule has 0 aromatic heterocycles. The van der Waals surface area contributed by atoms with Crippen LogP contribution in [0, 0.1) is 0 Å². The Kier molecular flexibility index (Phi) is 15.9. The Hall–Kier alpha value is -0.830. The molecule has 0 spiro atoms. The van der Waals surface area contributed by atoms with Gasteiger partial charge >= 0.3 is 5.97 Å². The average molecular weight is 312 g/mol. The van der Waals surface area contributed by atoms with Crippen molar-refractivity contribution in [1.82, 2.24) is 0 Å². The van der Waals surface area contributed by atoms with Crippen LogP contribution in [0.4, 0.5) is 0 Å². The number of rotatable bonds is 16. The van der Waals surface area contributed by atoms with Gasteiger partial charge in [-0.2, -0.15) is 0 Å². The SMILES string of the molecule is CCCCCCC=CCCCCCCCCOC(C)C(=O)O. The monoisotopic (exact) mass is 312 g/mol. The fourth-order valence-electron chi connectivity index (χ4n) is 2.33. The third kappa shape index (κ3) is 15.6. The predicted molar refractivity (Wildman–Crippen MR) is 93.3 cm³/mol. The van der Waals surface area contributed by atoms with Crippen molar-refractivity contribution in [2.75, 3.05) is 6.61 Å². The average Bonchev–Trinajstić information content (AvgIpc) is 2.50. The lowest BCUT2D eigenvalue weighted by atomic mass is 10.1. The first-order valence-electron chi connectivity index (χ1n) is 9.18. The number of hydrogen-bond acceptors (Lipinski definition) is 2. The van der Waals surface area contributed by atoms with Crippen LogP contribution in [-0.4, -0.2) is 23.8 Å². The molecule has 3 heteroatoms. The van der Waals surface area contributed by atoms with Crippen molar-refractivity contribution in [3.8, 4) is 0 Å². The van der Waals surface area contributed by atoms with Gasteiger partial charge in [0.25, 0.3) is 0 Å². The van der Waals surface area contributed by atoms with Crippen LogP contribution in [-0.2, 0) is 9.53 Å². The van der Waals surface area contributed by atoms with Crippen LogP contribution in [0.25, 0.3) is 0 Å². The van der Waals surface area contributed by atoms with Gasteiger partial charge in [-0.25, -0.2) is 4.79 Å². The van der Waals surface area contributed by atoms with Crippen molar-refractivity contribution in [2.24, 2.45) is 0 Å². The first-order valence-corrected chi connectivity index (χ1v) is 9.18. The minimum Gasteiger partial charge on any atom is -0.479 e. The highest BCUT2D eigenvalue weighted by Crippen LogP contribution is 2.09.